The number of rotatable bonds is 3. The molecule has 0 atom stereocenters. The van der Waals surface area contributed by atoms with Crippen LogP contribution in [-0.4, -0.2) is 47.9 Å². The Balaban J connectivity index is 3.12. The van der Waals surface area contributed by atoms with Gasteiger partial charge in [-0.1, -0.05) is 0 Å². The summed E-state index contributed by atoms with van der Waals surface area (Å²) in [6.07, 6.45) is -10.8. The number of benzene rings is 1. The quantitative estimate of drug-likeness (QED) is 0.440. The molecule has 1 aromatic carbocycles. The number of alkyl halides is 6. The van der Waals surface area contributed by atoms with Gasteiger partial charge in [-0.25, -0.2) is 0 Å². The van der Waals surface area contributed by atoms with Crippen LogP contribution in [0.25, 0.3) is 0 Å². The van der Waals surface area contributed by atoms with Crippen LogP contribution >= 0.6 is 0 Å². The average molecular weight is 536 g/mol. The van der Waals surface area contributed by atoms with Gasteiger partial charge in [0, 0.05) is 0 Å². The van der Waals surface area contributed by atoms with E-state index >= 15 is 0 Å². The summed E-state index contributed by atoms with van der Waals surface area (Å²) in [6.45, 7) is 3.22. The Kier molecular flexibility index (Phi) is 6.04. The number of hydrogen-bond donors (Lipinski definition) is 0. The Morgan fingerprint density at radius 2 is 1.30 bits per heavy atom. The summed E-state index contributed by atoms with van der Waals surface area (Å²) in [5.74, 6) is -5.37. The van der Waals surface area contributed by atoms with Crippen LogP contribution in [-0.2, 0) is 15.0 Å². The third-order valence-corrected chi connectivity index (χ3v) is 9.54. The summed E-state index contributed by atoms with van der Waals surface area (Å²) in [7, 11) is 0. The van der Waals surface area contributed by atoms with E-state index in [2.05, 4.69) is 5.37 Å². The van der Waals surface area contributed by atoms with Crippen molar-refractivity contribution in [2.24, 2.45) is 0 Å². The topological polar surface area (TPSA) is 52.6 Å². The molecular formula is C12H9F6O4Tl. The Morgan fingerprint density at radius 3 is 1.65 bits per heavy atom. The summed E-state index contributed by atoms with van der Waals surface area (Å²) in [5.41, 5.74) is 1.25. The van der Waals surface area contributed by atoms with E-state index in [0.29, 0.717) is 11.1 Å². The second-order valence-electron chi connectivity index (χ2n) is 4.48. The molecule has 1 aromatic rings. The van der Waals surface area contributed by atoms with Crippen molar-refractivity contribution in [3.8, 4) is 0 Å². The second kappa shape index (κ2) is 7.05. The van der Waals surface area contributed by atoms with E-state index in [4.69, 9.17) is 0 Å². The van der Waals surface area contributed by atoms with Gasteiger partial charge in [0.05, 0.1) is 0 Å². The molecule has 126 valence electrons. The van der Waals surface area contributed by atoms with Gasteiger partial charge in [0.25, 0.3) is 0 Å². The van der Waals surface area contributed by atoms with Gasteiger partial charge < -0.3 is 0 Å². The molecule has 0 spiro atoms. The first kappa shape index (κ1) is 19.7. The van der Waals surface area contributed by atoms with Crippen molar-refractivity contribution < 1.29 is 41.3 Å². The fourth-order valence-electron chi connectivity index (χ4n) is 1.40. The van der Waals surface area contributed by atoms with Crippen LogP contribution in [0.15, 0.2) is 18.2 Å². The van der Waals surface area contributed by atoms with Crippen LogP contribution in [0.1, 0.15) is 11.1 Å². The molecule has 0 fully saturated rings. The molecular weight excluding hydrogens is 526 g/mol. The number of carbonyl (C=O) groups excluding carboxylic acids is 2. The van der Waals surface area contributed by atoms with Gasteiger partial charge in [-0.2, -0.15) is 0 Å². The predicted molar refractivity (Wildman–Crippen MR) is 65.6 cm³/mol. The Hall–Kier alpha value is -1.34. The maximum absolute atomic E-state index is 12.2. The molecule has 0 aliphatic rings. The molecule has 0 bridgehead atoms. The zero-order chi connectivity index (χ0) is 18.0. The van der Waals surface area contributed by atoms with E-state index in [-0.39, 0.29) is 3.12 Å². The molecule has 0 saturated carbocycles. The van der Waals surface area contributed by atoms with Gasteiger partial charge >= 0.3 is 136 Å². The van der Waals surface area contributed by atoms with Crippen LogP contribution in [0, 0.1) is 13.8 Å². The summed E-state index contributed by atoms with van der Waals surface area (Å²) < 4.78 is 81.5. The maximum atomic E-state index is 12.2. The summed E-state index contributed by atoms with van der Waals surface area (Å²) in [4.78, 5) is 21.7. The second-order valence-corrected chi connectivity index (χ2v) is 11.5. The molecule has 4 nitrogen and oxygen atoms in total. The predicted octanol–water partition coefficient (Wildman–Crippen LogP) is 2.21. The summed E-state index contributed by atoms with van der Waals surface area (Å²) >= 11 is -5.07. The first-order valence-corrected chi connectivity index (χ1v) is 11.9. The first-order valence-electron chi connectivity index (χ1n) is 5.95. The number of halogens is 6. The molecule has 0 radical (unpaired) electrons. The van der Waals surface area contributed by atoms with Gasteiger partial charge in [0.2, 0.25) is 0 Å². The van der Waals surface area contributed by atoms with Crippen molar-refractivity contribution in [3.63, 3.8) is 0 Å². The Bertz CT molecular complexity index is 583. The molecule has 0 aromatic heterocycles. The Morgan fingerprint density at radius 1 is 0.870 bits per heavy atom. The molecule has 0 N–H and O–H groups in total. The third kappa shape index (κ3) is 5.66. The normalized spacial score (nSPS) is 11.8. The van der Waals surface area contributed by atoms with Crippen molar-refractivity contribution >= 4 is 38.7 Å². The van der Waals surface area contributed by atoms with Crippen LogP contribution in [0.4, 0.5) is 26.3 Å². The molecule has 0 saturated heterocycles. The molecule has 0 aliphatic heterocycles. The van der Waals surface area contributed by atoms with Gasteiger partial charge in [0.1, 0.15) is 0 Å². The number of carbonyl (C=O) groups is 2. The molecule has 0 aliphatic carbocycles. The van der Waals surface area contributed by atoms with Crippen molar-refractivity contribution in [3.05, 3.63) is 29.3 Å². The molecule has 0 unspecified atom stereocenters. The fourth-order valence-corrected chi connectivity index (χ4v) is 7.68. The van der Waals surface area contributed by atoms with Crippen molar-refractivity contribution in [1.29, 1.82) is 0 Å². The van der Waals surface area contributed by atoms with E-state index in [1.165, 1.54) is 18.2 Å². The molecule has 1 rings (SSSR count). The Labute approximate surface area is 135 Å². The van der Waals surface area contributed by atoms with Crippen LogP contribution in [0.5, 0.6) is 0 Å². The number of aryl methyl sites for hydroxylation is 2. The van der Waals surface area contributed by atoms with Crippen molar-refractivity contribution in [2.45, 2.75) is 26.2 Å². The zero-order valence-electron chi connectivity index (χ0n) is 11.7. The zero-order valence-corrected chi connectivity index (χ0v) is 16.2. The SMILES string of the molecule is Cc1cc[c]([Tl]([O]C(=O)C(F)(F)F)[O]C(=O)C(F)(F)F)cc1C. The first-order chi connectivity index (χ1) is 10.3. The minimum absolute atomic E-state index is 0.122. The standard InChI is InChI=1S/C8H9.2C2HF3O2.Tl/c1-7-5-3-4-6-8(7)2;2*3-2(4,5)1(6)7;/h3,5-6H,1-2H3;2*(H,6,7);/q;;;+2/p-2. The van der Waals surface area contributed by atoms with Crippen molar-refractivity contribution in [2.75, 3.05) is 0 Å². The minimum atomic E-state index is -5.40. The van der Waals surface area contributed by atoms with E-state index in [1.807, 2.05) is 0 Å². The van der Waals surface area contributed by atoms with E-state index in [9.17, 15) is 35.9 Å². The average Bonchev–Trinajstić information content (AvgIpc) is 2.38. The molecule has 23 heavy (non-hydrogen) atoms. The molecule has 11 heteroatoms. The van der Waals surface area contributed by atoms with E-state index in [1.54, 1.807) is 13.8 Å². The van der Waals surface area contributed by atoms with Crippen LogP contribution in [0.3, 0.4) is 0 Å². The number of hydrogen-bond acceptors (Lipinski definition) is 4. The van der Waals surface area contributed by atoms with Gasteiger partial charge in [0.15, 0.2) is 0 Å². The van der Waals surface area contributed by atoms with E-state index < -0.39 is 47.9 Å². The summed E-state index contributed by atoms with van der Waals surface area (Å²) in [6, 6.07) is 3.84. The molecule has 0 amide bonds. The van der Waals surface area contributed by atoms with Crippen LogP contribution in [0.2, 0.25) is 0 Å². The molecule has 0 heterocycles. The summed E-state index contributed by atoms with van der Waals surface area (Å²) in [5, 5.41) is 0. The monoisotopic (exact) mass is 536 g/mol. The van der Waals surface area contributed by atoms with Crippen LogP contribution < -0.4 is 3.12 Å². The third-order valence-electron chi connectivity index (χ3n) is 2.69. The van der Waals surface area contributed by atoms with Gasteiger partial charge in [-0.05, 0) is 0 Å². The fraction of sp³-hybridized carbons (Fsp3) is 0.333. The van der Waals surface area contributed by atoms with E-state index in [0.717, 1.165) is 0 Å². The van der Waals surface area contributed by atoms with Crippen molar-refractivity contribution in [1.82, 2.24) is 0 Å². The van der Waals surface area contributed by atoms with Gasteiger partial charge in [-0.3, -0.25) is 0 Å². The van der Waals surface area contributed by atoms with Gasteiger partial charge in [-0.15, -0.1) is 0 Å².